The van der Waals surface area contributed by atoms with Crippen molar-refractivity contribution in [3.05, 3.63) is 56.9 Å². The average molecular weight is 280 g/mol. The molecule has 1 aromatic carbocycles. The maximum Gasteiger partial charge on any atom is 0.273 e. The predicted octanol–water partition coefficient (Wildman–Crippen LogP) is 3.00. The van der Waals surface area contributed by atoms with Crippen molar-refractivity contribution in [1.82, 2.24) is 14.6 Å². The minimum absolute atomic E-state index is 0.198. The number of H-pyrrole nitrogens is 1. The SMILES string of the molecule is O=c1cc(-c2cccc(Cl)c2Cl)nc2cc[nH]n12. The van der Waals surface area contributed by atoms with Gasteiger partial charge in [-0.1, -0.05) is 35.3 Å². The molecule has 2 heterocycles. The fraction of sp³-hybridized carbons (Fsp3) is 0. The summed E-state index contributed by atoms with van der Waals surface area (Å²) in [6.45, 7) is 0. The summed E-state index contributed by atoms with van der Waals surface area (Å²) < 4.78 is 1.35. The first kappa shape index (κ1) is 11.3. The van der Waals surface area contributed by atoms with Crippen LogP contribution in [0.5, 0.6) is 0 Å². The zero-order valence-corrected chi connectivity index (χ0v) is 10.5. The Morgan fingerprint density at radius 1 is 1.22 bits per heavy atom. The van der Waals surface area contributed by atoms with E-state index in [2.05, 4.69) is 10.1 Å². The van der Waals surface area contributed by atoms with Crippen LogP contribution in [-0.4, -0.2) is 14.6 Å². The molecule has 3 rings (SSSR count). The van der Waals surface area contributed by atoms with Crippen molar-refractivity contribution < 1.29 is 0 Å². The van der Waals surface area contributed by atoms with E-state index in [0.717, 1.165) is 0 Å². The van der Waals surface area contributed by atoms with Gasteiger partial charge in [-0.2, -0.15) is 0 Å². The second kappa shape index (κ2) is 4.15. The molecule has 1 N–H and O–H groups in total. The van der Waals surface area contributed by atoms with Gasteiger partial charge in [-0.25, -0.2) is 9.50 Å². The van der Waals surface area contributed by atoms with Gasteiger partial charge in [-0.3, -0.25) is 9.89 Å². The van der Waals surface area contributed by atoms with Gasteiger partial charge in [0.15, 0.2) is 5.65 Å². The quantitative estimate of drug-likeness (QED) is 0.745. The molecule has 0 saturated carbocycles. The molecule has 0 amide bonds. The first-order valence-corrected chi connectivity index (χ1v) is 5.94. The fourth-order valence-corrected chi connectivity index (χ4v) is 2.16. The van der Waals surface area contributed by atoms with Crippen LogP contribution in [0.25, 0.3) is 16.9 Å². The van der Waals surface area contributed by atoms with Gasteiger partial charge in [0, 0.05) is 23.9 Å². The number of hydrogen-bond donors (Lipinski definition) is 1. The van der Waals surface area contributed by atoms with E-state index in [1.807, 2.05) is 0 Å². The lowest BCUT2D eigenvalue weighted by Gasteiger charge is -2.05. The smallest absolute Gasteiger partial charge is 0.273 e. The molecule has 0 aliphatic carbocycles. The van der Waals surface area contributed by atoms with Crippen LogP contribution in [0.4, 0.5) is 0 Å². The lowest BCUT2D eigenvalue weighted by atomic mass is 10.1. The Morgan fingerprint density at radius 3 is 2.89 bits per heavy atom. The monoisotopic (exact) mass is 279 g/mol. The maximum absolute atomic E-state index is 11.8. The van der Waals surface area contributed by atoms with Gasteiger partial charge >= 0.3 is 0 Å². The van der Waals surface area contributed by atoms with E-state index in [-0.39, 0.29) is 5.56 Å². The Kier molecular flexibility index (Phi) is 2.61. The third-order valence-corrected chi connectivity index (χ3v) is 3.43. The van der Waals surface area contributed by atoms with Crippen molar-refractivity contribution in [1.29, 1.82) is 0 Å². The zero-order chi connectivity index (χ0) is 12.7. The molecule has 0 unspecified atom stereocenters. The number of benzene rings is 1. The van der Waals surface area contributed by atoms with Crippen molar-refractivity contribution >= 4 is 28.8 Å². The number of aromatic amines is 1. The van der Waals surface area contributed by atoms with Gasteiger partial charge in [0.05, 0.1) is 15.7 Å². The Balaban J connectivity index is 2.32. The highest BCUT2D eigenvalue weighted by atomic mass is 35.5. The summed E-state index contributed by atoms with van der Waals surface area (Å²) in [5, 5.41) is 3.60. The average Bonchev–Trinajstić information content (AvgIpc) is 2.81. The number of hydrogen-bond acceptors (Lipinski definition) is 2. The lowest BCUT2D eigenvalue weighted by molar-refractivity contribution is 0.901. The van der Waals surface area contributed by atoms with Crippen LogP contribution >= 0.6 is 23.2 Å². The maximum atomic E-state index is 11.8. The van der Waals surface area contributed by atoms with Gasteiger partial charge in [-0.15, -0.1) is 0 Å². The largest absolute Gasteiger partial charge is 0.297 e. The molecule has 0 spiro atoms. The molecule has 2 aromatic heterocycles. The van der Waals surface area contributed by atoms with Crippen LogP contribution in [0.3, 0.4) is 0 Å². The van der Waals surface area contributed by atoms with Gasteiger partial charge in [0.25, 0.3) is 5.56 Å². The van der Waals surface area contributed by atoms with Crippen LogP contribution < -0.4 is 5.56 Å². The number of fused-ring (bicyclic) bond motifs is 1. The van der Waals surface area contributed by atoms with Crippen LogP contribution in [0, 0.1) is 0 Å². The van der Waals surface area contributed by atoms with Crippen molar-refractivity contribution in [2.45, 2.75) is 0 Å². The normalized spacial score (nSPS) is 11.0. The number of rotatable bonds is 1. The van der Waals surface area contributed by atoms with E-state index in [1.54, 1.807) is 30.5 Å². The molecule has 0 fully saturated rings. The van der Waals surface area contributed by atoms with Gasteiger partial charge in [0.2, 0.25) is 0 Å². The van der Waals surface area contributed by atoms with Crippen LogP contribution in [0.15, 0.2) is 41.3 Å². The molecule has 18 heavy (non-hydrogen) atoms. The third kappa shape index (κ3) is 1.70. The van der Waals surface area contributed by atoms with Crippen LogP contribution in [-0.2, 0) is 0 Å². The number of nitrogens with one attached hydrogen (secondary N) is 1. The number of aromatic nitrogens is 3. The molecule has 0 aliphatic heterocycles. The topological polar surface area (TPSA) is 50.2 Å². The summed E-state index contributed by atoms with van der Waals surface area (Å²) >= 11 is 12.1. The Bertz CT molecular complexity index is 791. The summed E-state index contributed by atoms with van der Waals surface area (Å²) in [6, 6.07) is 8.36. The van der Waals surface area contributed by atoms with Crippen LogP contribution in [0.1, 0.15) is 0 Å². The van der Waals surface area contributed by atoms with Gasteiger partial charge in [-0.05, 0) is 6.07 Å². The standard InChI is InChI=1S/C12H7Cl2N3O/c13-8-3-1-2-7(12(8)14)9-6-11(18)17-10(16-9)4-5-15-17/h1-6,15H. The van der Waals surface area contributed by atoms with E-state index >= 15 is 0 Å². The molecular formula is C12H7Cl2N3O. The van der Waals surface area contributed by atoms with Gasteiger partial charge in [0.1, 0.15) is 0 Å². The summed E-state index contributed by atoms with van der Waals surface area (Å²) in [4.78, 5) is 16.2. The number of nitrogens with zero attached hydrogens (tertiary/aromatic N) is 2. The molecule has 90 valence electrons. The van der Waals surface area contributed by atoms with Crippen molar-refractivity contribution in [3.63, 3.8) is 0 Å². The summed E-state index contributed by atoms with van der Waals surface area (Å²) in [5.41, 5.74) is 1.49. The highest BCUT2D eigenvalue weighted by Gasteiger charge is 2.10. The molecule has 4 nitrogen and oxygen atoms in total. The second-order valence-electron chi connectivity index (χ2n) is 3.74. The molecule has 0 bridgehead atoms. The summed E-state index contributed by atoms with van der Waals surface area (Å²) in [7, 11) is 0. The zero-order valence-electron chi connectivity index (χ0n) is 9.02. The molecule has 6 heteroatoms. The minimum Gasteiger partial charge on any atom is -0.297 e. The van der Waals surface area contributed by atoms with E-state index in [4.69, 9.17) is 23.2 Å². The summed E-state index contributed by atoms with van der Waals surface area (Å²) in [6.07, 6.45) is 1.65. The Labute approximate surface area is 112 Å². The van der Waals surface area contributed by atoms with E-state index < -0.39 is 0 Å². The van der Waals surface area contributed by atoms with E-state index in [9.17, 15) is 4.79 Å². The molecule has 0 atom stereocenters. The third-order valence-electron chi connectivity index (χ3n) is 2.61. The van der Waals surface area contributed by atoms with Gasteiger partial charge < -0.3 is 0 Å². The Morgan fingerprint density at radius 2 is 2.06 bits per heavy atom. The van der Waals surface area contributed by atoms with E-state index in [1.165, 1.54) is 10.6 Å². The highest BCUT2D eigenvalue weighted by Crippen LogP contribution is 2.31. The first-order chi connectivity index (χ1) is 8.66. The van der Waals surface area contributed by atoms with Crippen LogP contribution in [0.2, 0.25) is 10.0 Å². The molecule has 0 saturated heterocycles. The predicted molar refractivity (Wildman–Crippen MR) is 71.3 cm³/mol. The van der Waals surface area contributed by atoms with Crippen molar-refractivity contribution in [2.24, 2.45) is 0 Å². The fourth-order valence-electron chi connectivity index (χ4n) is 1.77. The second-order valence-corrected chi connectivity index (χ2v) is 4.52. The lowest BCUT2D eigenvalue weighted by Crippen LogP contribution is -2.14. The molecule has 3 aromatic rings. The molecule has 0 aliphatic rings. The van der Waals surface area contributed by atoms with Crippen molar-refractivity contribution in [3.8, 4) is 11.3 Å². The van der Waals surface area contributed by atoms with Crippen molar-refractivity contribution in [2.75, 3.05) is 0 Å². The Hall–Kier alpha value is -1.78. The van der Waals surface area contributed by atoms with E-state index in [0.29, 0.717) is 26.9 Å². The summed E-state index contributed by atoms with van der Waals surface area (Å²) in [5.74, 6) is 0. The molecular weight excluding hydrogens is 273 g/mol. The number of halogens is 2. The highest BCUT2D eigenvalue weighted by molar-refractivity contribution is 6.43. The molecule has 0 radical (unpaired) electrons. The minimum atomic E-state index is -0.198. The first-order valence-electron chi connectivity index (χ1n) is 5.18.